The summed E-state index contributed by atoms with van der Waals surface area (Å²) in [6.07, 6.45) is 4.64. The van der Waals surface area contributed by atoms with Crippen LogP contribution in [0.15, 0.2) is 11.3 Å². The minimum Gasteiger partial charge on any atom is -0.501 e. The molecule has 2 saturated carbocycles. The predicted octanol–water partition coefficient (Wildman–Crippen LogP) is 2.18. The lowest BCUT2D eigenvalue weighted by Gasteiger charge is -2.51. The lowest BCUT2D eigenvalue weighted by atomic mass is 9.53. The van der Waals surface area contributed by atoms with Crippen molar-refractivity contribution in [1.82, 2.24) is 0 Å². The Morgan fingerprint density at radius 2 is 2.33 bits per heavy atom. The SMILES string of the molecule is COC1=C2C[C@@H]3C[C@@H]1C[C@](C(=O)O)(C2)C3. The van der Waals surface area contributed by atoms with Crippen molar-refractivity contribution >= 4 is 5.97 Å². The molecule has 0 unspecified atom stereocenters. The third-order valence-corrected chi connectivity index (χ3v) is 4.41. The number of aliphatic carboxylic acids is 1. The Bertz CT molecular complexity index is 358. The number of hydrogen-bond acceptors (Lipinski definition) is 2. The molecule has 3 atom stereocenters. The molecule has 4 bridgehead atoms. The number of allylic oxidation sites excluding steroid dienone is 2. The van der Waals surface area contributed by atoms with Crippen molar-refractivity contribution in [3.63, 3.8) is 0 Å². The molecule has 3 nitrogen and oxygen atoms in total. The number of hydrogen-bond donors (Lipinski definition) is 1. The van der Waals surface area contributed by atoms with Crippen molar-refractivity contribution in [1.29, 1.82) is 0 Å². The topological polar surface area (TPSA) is 46.5 Å². The third-order valence-electron chi connectivity index (χ3n) is 4.41. The minimum absolute atomic E-state index is 0.391. The van der Waals surface area contributed by atoms with Gasteiger partial charge in [-0.15, -0.1) is 0 Å². The number of ether oxygens (including phenoxy) is 1. The molecule has 0 saturated heterocycles. The van der Waals surface area contributed by atoms with Gasteiger partial charge < -0.3 is 9.84 Å². The van der Waals surface area contributed by atoms with E-state index in [1.54, 1.807) is 7.11 Å². The van der Waals surface area contributed by atoms with Crippen LogP contribution in [-0.4, -0.2) is 18.2 Å². The van der Waals surface area contributed by atoms with Gasteiger partial charge in [-0.2, -0.15) is 0 Å². The second kappa shape index (κ2) is 2.77. The largest absolute Gasteiger partial charge is 0.501 e. The molecule has 15 heavy (non-hydrogen) atoms. The molecule has 1 N–H and O–H groups in total. The lowest BCUT2D eigenvalue weighted by molar-refractivity contribution is -0.156. The first-order valence-electron chi connectivity index (χ1n) is 5.64. The summed E-state index contributed by atoms with van der Waals surface area (Å²) in [6, 6.07) is 0. The number of carboxylic acid groups (broad SMARTS) is 1. The Labute approximate surface area is 89.1 Å². The van der Waals surface area contributed by atoms with Crippen LogP contribution in [0.3, 0.4) is 0 Å². The summed E-state index contributed by atoms with van der Waals surface area (Å²) < 4.78 is 5.44. The monoisotopic (exact) mass is 208 g/mol. The van der Waals surface area contributed by atoms with Gasteiger partial charge in [0.2, 0.25) is 0 Å². The van der Waals surface area contributed by atoms with Crippen molar-refractivity contribution in [3.8, 4) is 0 Å². The number of carbonyl (C=O) groups is 1. The van der Waals surface area contributed by atoms with Gasteiger partial charge in [-0.3, -0.25) is 4.79 Å². The molecule has 4 aliphatic carbocycles. The van der Waals surface area contributed by atoms with Gasteiger partial charge in [0.05, 0.1) is 18.3 Å². The van der Waals surface area contributed by atoms with Gasteiger partial charge >= 0.3 is 5.97 Å². The van der Waals surface area contributed by atoms with Crippen molar-refractivity contribution < 1.29 is 14.6 Å². The van der Waals surface area contributed by atoms with E-state index in [0.29, 0.717) is 11.8 Å². The molecule has 0 aliphatic heterocycles. The van der Waals surface area contributed by atoms with E-state index in [4.69, 9.17) is 4.74 Å². The van der Waals surface area contributed by atoms with Crippen LogP contribution in [0.1, 0.15) is 32.1 Å². The Hall–Kier alpha value is -0.990. The van der Waals surface area contributed by atoms with E-state index in [-0.39, 0.29) is 0 Å². The zero-order chi connectivity index (χ0) is 10.6. The van der Waals surface area contributed by atoms with Crippen molar-refractivity contribution in [3.05, 3.63) is 11.3 Å². The van der Waals surface area contributed by atoms with Gasteiger partial charge in [0, 0.05) is 5.92 Å². The highest BCUT2D eigenvalue weighted by Crippen LogP contribution is 2.59. The van der Waals surface area contributed by atoms with Gasteiger partial charge in [-0.05, 0) is 43.6 Å². The second-order valence-corrected chi connectivity index (χ2v) is 5.35. The molecular weight excluding hydrogens is 192 g/mol. The molecule has 4 rings (SSSR count). The van der Waals surface area contributed by atoms with Crippen LogP contribution in [0.5, 0.6) is 0 Å². The average molecular weight is 208 g/mol. The fourth-order valence-electron chi connectivity index (χ4n) is 4.04. The summed E-state index contributed by atoms with van der Waals surface area (Å²) in [5.41, 5.74) is 0.849. The fourth-order valence-corrected chi connectivity index (χ4v) is 4.04. The molecule has 0 heterocycles. The molecule has 82 valence electrons. The molecule has 4 aliphatic rings. The highest BCUT2D eigenvalue weighted by atomic mass is 16.5. The smallest absolute Gasteiger partial charge is 0.309 e. The molecule has 0 amide bonds. The van der Waals surface area contributed by atoms with Crippen LogP contribution in [-0.2, 0) is 9.53 Å². The van der Waals surface area contributed by atoms with Gasteiger partial charge in [0.25, 0.3) is 0 Å². The van der Waals surface area contributed by atoms with E-state index in [1.807, 2.05) is 0 Å². The lowest BCUT2D eigenvalue weighted by Crippen LogP contribution is -2.47. The van der Waals surface area contributed by atoms with Crippen LogP contribution in [0.4, 0.5) is 0 Å². The number of carboxylic acids is 1. The first-order chi connectivity index (χ1) is 7.14. The maximum absolute atomic E-state index is 11.4. The molecule has 0 aromatic heterocycles. The summed E-state index contributed by atoms with van der Waals surface area (Å²) in [5, 5.41) is 9.37. The fraction of sp³-hybridized carbons (Fsp3) is 0.750. The van der Waals surface area contributed by atoms with Crippen LogP contribution in [0, 0.1) is 17.3 Å². The average Bonchev–Trinajstić information content (AvgIpc) is 2.16. The van der Waals surface area contributed by atoms with Crippen LogP contribution in [0.25, 0.3) is 0 Å². The van der Waals surface area contributed by atoms with Crippen LogP contribution >= 0.6 is 0 Å². The molecule has 0 spiro atoms. The van der Waals surface area contributed by atoms with Gasteiger partial charge in [-0.25, -0.2) is 0 Å². The third kappa shape index (κ3) is 1.09. The predicted molar refractivity (Wildman–Crippen MR) is 54.2 cm³/mol. The first-order valence-corrected chi connectivity index (χ1v) is 5.64. The molecular formula is C12H16O3. The first kappa shape index (κ1) is 9.25. The second-order valence-electron chi connectivity index (χ2n) is 5.35. The van der Waals surface area contributed by atoms with Crippen molar-refractivity contribution in [2.24, 2.45) is 17.3 Å². The Morgan fingerprint density at radius 1 is 1.53 bits per heavy atom. The zero-order valence-corrected chi connectivity index (χ0v) is 8.95. The number of rotatable bonds is 2. The summed E-state index contributed by atoms with van der Waals surface area (Å²) in [6.45, 7) is 0. The van der Waals surface area contributed by atoms with E-state index in [9.17, 15) is 9.90 Å². The quantitative estimate of drug-likeness (QED) is 0.756. The Balaban J connectivity index is 2.04. The van der Waals surface area contributed by atoms with Gasteiger partial charge in [0.1, 0.15) is 0 Å². The van der Waals surface area contributed by atoms with E-state index in [1.165, 1.54) is 5.57 Å². The summed E-state index contributed by atoms with van der Waals surface area (Å²) >= 11 is 0. The van der Waals surface area contributed by atoms with Crippen LogP contribution in [0.2, 0.25) is 0 Å². The Morgan fingerprint density at radius 3 is 2.93 bits per heavy atom. The van der Waals surface area contributed by atoms with Crippen molar-refractivity contribution in [2.75, 3.05) is 7.11 Å². The highest BCUT2D eigenvalue weighted by molar-refractivity contribution is 5.76. The highest BCUT2D eigenvalue weighted by Gasteiger charge is 2.55. The molecule has 0 aromatic rings. The summed E-state index contributed by atoms with van der Waals surface area (Å²) in [7, 11) is 1.72. The van der Waals surface area contributed by atoms with Gasteiger partial charge in [-0.1, -0.05) is 0 Å². The van der Waals surface area contributed by atoms with Gasteiger partial charge in [0.15, 0.2) is 0 Å². The molecule has 3 heteroatoms. The van der Waals surface area contributed by atoms with E-state index >= 15 is 0 Å². The molecule has 0 radical (unpaired) electrons. The standard InChI is InChI=1S/C12H16O3/c1-15-10-8-2-7-3-9(10)6-12(4-7,5-8)11(13)14/h7-8H,2-6H2,1H3,(H,13,14)/t7-,8+,12-/m0/s1. The van der Waals surface area contributed by atoms with Crippen molar-refractivity contribution in [2.45, 2.75) is 32.1 Å². The summed E-state index contributed by atoms with van der Waals surface area (Å²) in [5.74, 6) is 1.51. The summed E-state index contributed by atoms with van der Waals surface area (Å²) in [4.78, 5) is 11.4. The maximum Gasteiger partial charge on any atom is 0.309 e. The maximum atomic E-state index is 11.4. The van der Waals surface area contributed by atoms with E-state index in [2.05, 4.69) is 0 Å². The Kier molecular flexibility index (Phi) is 1.71. The molecule has 2 fully saturated rings. The van der Waals surface area contributed by atoms with E-state index < -0.39 is 11.4 Å². The zero-order valence-electron chi connectivity index (χ0n) is 8.95. The van der Waals surface area contributed by atoms with E-state index in [0.717, 1.165) is 37.9 Å². The van der Waals surface area contributed by atoms with Crippen LogP contribution < -0.4 is 0 Å². The number of methoxy groups -OCH3 is 1. The normalized spacial score (nSPS) is 42.2. The molecule has 0 aromatic carbocycles. The minimum atomic E-state index is -0.593.